The van der Waals surface area contributed by atoms with Gasteiger partial charge in [-0.05, 0) is 51.8 Å². The van der Waals surface area contributed by atoms with E-state index >= 15 is 0 Å². The number of rotatable bonds is 16. The molecule has 0 bridgehead atoms. The fourth-order valence-electron chi connectivity index (χ4n) is 6.95. The highest BCUT2D eigenvalue weighted by Crippen LogP contribution is 2.49. The number of thioether (sulfide) groups is 1. The van der Waals surface area contributed by atoms with Crippen molar-refractivity contribution in [2.45, 2.75) is 42.4 Å². The van der Waals surface area contributed by atoms with E-state index in [-0.39, 0.29) is 30.2 Å². The molecule has 7 nitrogen and oxygen atoms in total. The zero-order valence-corrected chi connectivity index (χ0v) is 30.1. The van der Waals surface area contributed by atoms with E-state index < -0.39 is 16.9 Å². The second kappa shape index (κ2) is 17.7. The monoisotopic (exact) mass is 712 g/mol. The predicted molar refractivity (Wildman–Crippen MR) is 207 cm³/mol. The van der Waals surface area contributed by atoms with E-state index in [1.807, 2.05) is 78.9 Å². The van der Waals surface area contributed by atoms with E-state index in [4.69, 9.17) is 9.47 Å². The fourth-order valence-corrected chi connectivity index (χ4v) is 8.51. The molecule has 0 radical (unpaired) electrons. The van der Waals surface area contributed by atoms with Crippen molar-refractivity contribution >= 4 is 29.7 Å². The maximum atomic E-state index is 13.9. The second-order valence-electron chi connectivity index (χ2n) is 12.8. The van der Waals surface area contributed by atoms with Crippen molar-refractivity contribution in [3.05, 3.63) is 167 Å². The first-order valence-electron chi connectivity index (χ1n) is 17.8. The fraction of sp³-hybridized carbons (Fsp3) is 0.250. The Bertz CT molecular complexity index is 1790. The second-order valence-corrected chi connectivity index (χ2v) is 14.0. The number of esters is 1. The summed E-state index contributed by atoms with van der Waals surface area (Å²) in [6.45, 7) is 0.554. The molecule has 0 aromatic heterocycles. The number of unbranched alkanes of at least 4 members (excludes halogenated alkanes) is 2. The molecule has 0 spiro atoms. The number of amides is 2. The zero-order chi connectivity index (χ0) is 36.2. The van der Waals surface area contributed by atoms with Gasteiger partial charge in [0.15, 0.2) is 0 Å². The van der Waals surface area contributed by atoms with Gasteiger partial charge in [-0.1, -0.05) is 146 Å². The van der Waals surface area contributed by atoms with Crippen molar-refractivity contribution in [1.82, 2.24) is 10.6 Å². The van der Waals surface area contributed by atoms with Gasteiger partial charge in [0.25, 0.3) is 0 Å². The van der Waals surface area contributed by atoms with Crippen molar-refractivity contribution in [1.29, 1.82) is 0 Å². The van der Waals surface area contributed by atoms with E-state index in [1.54, 1.807) is 11.8 Å². The lowest BCUT2D eigenvalue weighted by Gasteiger charge is -2.36. The Morgan fingerprint density at radius 2 is 1.17 bits per heavy atom. The average Bonchev–Trinajstić information content (AvgIpc) is 3.52. The van der Waals surface area contributed by atoms with E-state index in [9.17, 15) is 14.4 Å². The number of carbonyl (C=O) groups excluding carboxylic acids is 3. The molecule has 5 aromatic rings. The van der Waals surface area contributed by atoms with Gasteiger partial charge >= 0.3 is 12.1 Å². The molecule has 8 heteroatoms. The maximum absolute atomic E-state index is 13.9. The van der Waals surface area contributed by atoms with Gasteiger partial charge in [-0.15, -0.1) is 11.8 Å². The Labute approximate surface area is 310 Å². The highest BCUT2D eigenvalue weighted by Gasteiger charge is 2.39. The molecule has 1 aliphatic carbocycles. The molecule has 0 aliphatic heterocycles. The van der Waals surface area contributed by atoms with Gasteiger partial charge in [0.05, 0.1) is 11.9 Å². The average molecular weight is 713 g/mol. The summed E-state index contributed by atoms with van der Waals surface area (Å²) < 4.78 is 9.97. The summed E-state index contributed by atoms with van der Waals surface area (Å²) >= 11 is 1.60. The lowest BCUT2D eigenvalue weighted by Crippen LogP contribution is -2.49. The van der Waals surface area contributed by atoms with E-state index in [0.717, 1.165) is 45.4 Å². The Morgan fingerprint density at radius 3 is 1.69 bits per heavy atom. The molecule has 0 saturated carbocycles. The molecule has 266 valence electrons. The largest absolute Gasteiger partial charge is 0.469 e. The van der Waals surface area contributed by atoms with Crippen LogP contribution in [0.15, 0.2) is 140 Å². The molecule has 0 heterocycles. The van der Waals surface area contributed by atoms with Gasteiger partial charge in [0, 0.05) is 24.6 Å². The summed E-state index contributed by atoms with van der Waals surface area (Å²) in [5, 5.41) is 5.97. The third-order valence-electron chi connectivity index (χ3n) is 9.54. The van der Waals surface area contributed by atoms with Crippen LogP contribution in [0, 0.1) is 0 Å². The smallest absolute Gasteiger partial charge is 0.407 e. The summed E-state index contributed by atoms with van der Waals surface area (Å²) in [4.78, 5) is 39.0. The van der Waals surface area contributed by atoms with Crippen molar-refractivity contribution < 1.29 is 23.9 Å². The third-order valence-corrected chi connectivity index (χ3v) is 11.2. The van der Waals surface area contributed by atoms with Gasteiger partial charge in [0.2, 0.25) is 5.91 Å². The number of hydrogen-bond acceptors (Lipinski definition) is 6. The summed E-state index contributed by atoms with van der Waals surface area (Å²) in [5.74, 6) is -0.382. The minimum Gasteiger partial charge on any atom is -0.469 e. The number of fused-ring (bicyclic) bond motifs is 3. The summed E-state index contributed by atoms with van der Waals surface area (Å²) in [7, 11) is 1.38. The lowest BCUT2D eigenvalue weighted by molar-refractivity contribution is -0.140. The molecule has 5 aromatic carbocycles. The molecule has 0 fully saturated rings. The molecule has 2 amide bonds. The molecular weight excluding hydrogens is 669 g/mol. The number of nitrogens with one attached hydrogen (secondary N) is 2. The van der Waals surface area contributed by atoms with Crippen LogP contribution in [0.5, 0.6) is 0 Å². The van der Waals surface area contributed by atoms with Crippen molar-refractivity contribution in [3.8, 4) is 11.1 Å². The molecule has 0 saturated heterocycles. The number of methoxy groups -OCH3 is 1. The van der Waals surface area contributed by atoms with Crippen molar-refractivity contribution in [3.63, 3.8) is 0 Å². The number of alkyl carbamates (subject to hydrolysis) is 1. The van der Waals surface area contributed by atoms with Gasteiger partial charge in [0.1, 0.15) is 12.6 Å². The number of hydrogen-bond donors (Lipinski definition) is 2. The van der Waals surface area contributed by atoms with Crippen LogP contribution in [-0.4, -0.2) is 50.0 Å². The predicted octanol–water partition coefficient (Wildman–Crippen LogP) is 8.47. The molecule has 0 unspecified atom stereocenters. The first kappa shape index (κ1) is 36.5. The highest BCUT2D eigenvalue weighted by atomic mass is 32.2. The Morgan fingerprint density at radius 1 is 0.673 bits per heavy atom. The van der Waals surface area contributed by atoms with Gasteiger partial charge in [-0.2, -0.15) is 0 Å². The highest BCUT2D eigenvalue weighted by molar-refractivity contribution is 8.00. The molecular formula is C44H44N2O5S. The van der Waals surface area contributed by atoms with Crippen LogP contribution in [0.1, 0.15) is 59.4 Å². The SMILES string of the molecule is COC(=O)CCCCCNC(=O)[C@@H](CSC(c1ccccc1)(c1ccccc1)c1ccccc1)NC(=O)OCC1c2ccccc2-c2ccccc21. The Hall–Kier alpha value is -5.34. The number of benzene rings is 5. The zero-order valence-electron chi connectivity index (χ0n) is 29.3. The van der Waals surface area contributed by atoms with Crippen LogP contribution >= 0.6 is 11.8 Å². The Balaban J connectivity index is 1.23. The van der Waals surface area contributed by atoms with Crippen LogP contribution in [0.4, 0.5) is 4.79 Å². The van der Waals surface area contributed by atoms with Gasteiger partial charge < -0.3 is 20.1 Å². The topological polar surface area (TPSA) is 93.7 Å². The van der Waals surface area contributed by atoms with Crippen molar-refractivity contribution in [2.75, 3.05) is 26.0 Å². The maximum Gasteiger partial charge on any atom is 0.407 e. The summed E-state index contributed by atoms with van der Waals surface area (Å²) in [5.41, 5.74) is 7.70. The van der Waals surface area contributed by atoms with Crippen molar-refractivity contribution in [2.24, 2.45) is 0 Å². The minimum atomic E-state index is -0.897. The van der Waals surface area contributed by atoms with Gasteiger partial charge in [-0.3, -0.25) is 9.59 Å². The van der Waals surface area contributed by atoms with Crippen LogP contribution in [-0.2, 0) is 23.8 Å². The van der Waals surface area contributed by atoms with Gasteiger partial charge in [-0.25, -0.2) is 4.79 Å². The Kier molecular flexibility index (Phi) is 12.4. The number of carbonyl (C=O) groups is 3. The standard InChI is InChI=1S/C44H44N2O5S/c1-50-41(47)28-12-5-17-29-45-42(48)40(46-43(49)51-30-39-37-26-15-13-24-35(37)36-25-14-16-27-38(36)39)31-52-44(32-18-6-2-7-19-32,33-20-8-3-9-21-33)34-22-10-4-11-23-34/h2-4,6-11,13-16,18-27,39-40H,5,12,17,28-31H2,1H3,(H,45,48)(H,46,49)/t40-/m1/s1. The molecule has 6 rings (SSSR count). The summed E-state index contributed by atoms with van der Waals surface area (Å²) in [6, 6.07) is 46.3. The van der Waals surface area contributed by atoms with Crippen LogP contribution < -0.4 is 10.6 Å². The lowest BCUT2D eigenvalue weighted by atomic mass is 9.84. The first-order chi connectivity index (χ1) is 25.5. The van der Waals surface area contributed by atoms with E-state index in [2.05, 4.69) is 71.3 Å². The van der Waals surface area contributed by atoms with Crippen LogP contribution in [0.2, 0.25) is 0 Å². The van der Waals surface area contributed by atoms with Crippen LogP contribution in [0.3, 0.4) is 0 Å². The molecule has 2 N–H and O–H groups in total. The van der Waals surface area contributed by atoms with Crippen LogP contribution in [0.25, 0.3) is 11.1 Å². The molecule has 1 aliphatic rings. The third kappa shape index (κ3) is 8.40. The molecule has 1 atom stereocenters. The normalized spacial score (nSPS) is 12.6. The first-order valence-corrected chi connectivity index (χ1v) is 18.8. The minimum absolute atomic E-state index is 0.105. The number of ether oxygens (including phenoxy) is 2. The molecule has 52 heavy (non-hydrogen) atoms. The quantitative estimate of drug-likeness (QED) is 0.0606. The van der Waals surface area contributed by atoms with E-state index in [0.29, 0.717) is 25.8 Å². The summed E-state index contributed by atoms with van der Waals surface area (Å²) in [6.07, 6.45) is 1.81. The van der Waals surface area contributed by atoms with E-state index in [1.165, 1.54) is 7.11 Å².